The zero-order chi connectivity index (χ0) is 19.4. The van der Waals surface area contributed by atoms with Gasteiger partial charge in [0.05, 0.1) is 16.3 Å². The van der Waals surface area contributed by atoms with Crippen molar-refractivity contribution in [3.8, 4) is 0 Å². The number of hydrogen-bond donors (Lipinski definition) is 2. The van der Waals surface area contributed by atoms with Crippen LogP contribution in [0.3, 0.4) is 0 Å². The minimum absolute atomic E-state index is 0.0748. The molecule has 1 aromatic carbocycles. The van der Waals surface area contributed by atoms with Crippen molar-refractivity contribution in [1.29, 1.82) is 0 Å². The molecule has 0 fully saturated rings. The van der Waals surface area contributed by atoms with E-state index in [9.17, 15) is 9.59 Å². The summed E-state index contributed by atoms with van der Waals surface area (Å²) in [5.74, 6) is -0.687. The van der Waals surface area contributed by atoms with Gasteiger partial charge in [-0.1, -0.05) is 44.0 Å². The van der Waals surface area contributed by atoms with Gasteiger partial charge in [0.2, 0.25) is 5.91 Å². The molecule has 0 radical (unpaired) electrons. The molecule has 7 heteroatoms. The lowest BCUT2D eigenvalue weighted by atomic mass is 10.0. The molecule has 0 saturated carbocycles. The van der Waals surface area contributed by atoms with Gasteiger partial charge >= 0.3 is 0 Å². The molecule has 1 heterocycles. The maximum absolute atomic E-state index is 12.8. The number of benzene rings is 1. The zero-order valence-electron chi connectivity index (χ0n) is 15.5. The van der Waals surface area contributed by atoms with Gasteiger partial charge < -0.3 is 10.6 Å². The molecule has 0 saturated heterocycles. The summed E-state index contributed by atoms with van der Waals surface area (Å²) in [4.78, 5) is 31.2. The molecule has 2 amide bonds. The summed E-state index contributed by atoms with van der Waals surface area (Å²) in [7, 11) is 0. The average Bonchev–Trinajstić information content (AvgIpc) is 2.87. The lowest BCUT2D eigenvalue weighted by Crippen LogP contribution is -2.47. The number of aryl methyl sites for hydroxylation is 2. The molecular weight excluding hydrogens is 382 g/mol. The van der Waals surface area contributed by atoms with E-state index in [1.54, 1.807) is 35.6 Å². The van der Waals surface area contributed by atoms with E-state index in [4.69, 9.17) is 11.6 Å². The summed E-state index contributed by atoms with van der Waals surface area (Å²) in [6, 6.07) is 6.14. The highest BCUT2D eigenvalue weighted by Gasteiger charge is 2.26. The van der Waals surface area contributed by atoms with E-state index < -0.39 is 6.04 Å². The Bertz CT molecular complexity index is 811. The van der Waals surface area contributed by atoms with Crippen LogP contribution in [0.4, 0.5) is 5.13 Å². The van der Waals surface area contributed by atoms with Crippen LogP contribution in [0, 0.1) is 5.92 Å². The highest BCUT2D eigenvalue weighted by Crippen LogP contribution is 2.29. The van der Waals surface area contributed by atoms with Gasteiger partial charge in [-0.25, -0.2) is 4.98 Å². The van der Waals surface area contributed by atoms with Crippen LogP contribution in [0.1, 0.15) is 54.0 Å². The SMILES string of the molecule is CC(C)C(NC(=O)c1ccccc1Cl)C(=O)Nc1nc2c(s1)CCCCC2. The van der Waals surface area contributed by atoms with E-state index in [-0.39, 0.29) is 17.7 Å². The van der Waals surface area contributed by atoms with Crippen LogP contribution in [-0.4, -0.2) is 22.8 Å². The van der Waals surface area contributed by atoms with E-state index >= 15 is 0 Å². The van der Waals surface area contributed by atoms with Crippen LogP contribution < -0.4 is 10.6 Å². The summed E-state index contributed by atoms with van der Waals surface area (Å²) >= 11 is 7.64. The summed E-state index contributed by atoms with van der Waals surface area (Å²) in [5.41, 5.74) is 1.47. The zero-order valence-corrected chi connectivity index (χ0v) is 17.1. The van der Waals surface area contributed by atoms with Crippen LogP contribution in [-0.2, 0) is 17.6 Å². The first kappa shape index (κ1) is 19.8. The van der Waals surface area contributed by atoms with E-state index in [1.807, 2.05) is 13.8 Å². The number of rotatable bonds is 5. The molecule has 0 bridgehead atoms. The van der Waals surface area contributed by atoms with Gasteiger partial charge in [-0.2, -0.15) is 0 Å². The summed E-state index contributed by atoms with van der Waals surface area (Å²) in [5, 5.41) is 6.68. The van der Waals surface area contributed by atoms with Crippen LogP contribution in [0.25, 0.3) is 0 Å². The van der Waals surface area contributed by atoms with Crippen molar-refractivity contribution in [2.45, 2.75) is 52.0 Å². The molecule has 1 aromatic heterocycles. The van der Waals surface area contributed by atoms with E-state index in [0.29, 0.717) is 15.7 Å². The highest BCUT2D eigenvalue weighted by molar-refractivity contribution is 7.15. The molecule has 2 aromatic rings. The van der Waals surface area contributed by atoms with Crippen molar-refractivity contribution in [3.05, 3.63) is 45.4 Å². The molecule has 1 atom stereocenters. The summed E-state index contributed by atoms with van der Waals surface area (Å²) in [6.07, 6.45) is 5.55. The molecule has 1 unspecified atom stereocenters. The minimum atomic E-state index is -0.669. The van der Waals surface area contributed by atoms with Gasteiger partial charge in [-0.15, -0.1) is 11.3 Å². The molecule has 144 valence electrons. The number of nitrogens with one attached hydrogen (secondary N) is 2. The first-order valence-corrected chi connectivity index (χ1v) is 10.5. The molecule has 0 aliphatic heterocycles. The molecule has 1 aliphatic rings. The van der Waals surface area contributed by atoms with E-state index in [1.165, 1.54) is 17.7 Å². The Kier molecular flexibility index (Phi) is 6.50. The van der Waals surface area contributed by atoms with Crippen LogP contribution in [0.5, 0.6) is 0 Å². The third-order valence-corrected chi connectivity index (χ3v) is 6.08. The Balaban J connectivity index is 1.70. The molecule has 5 nitrogen and oxygen atoms in total. The van der Waals surface area contributed by atoms with Crippen molar-refractivity contribution in [2.24, 2.45) is 5.92 Å². The monoisotopic (exact) mass is 405 g/mol. The fourth-order valence-electron chi connectivity index (χ4n) is 3.16. The predicted molar refractivity (Wildman–Crippen MR) is 110 cm³/mol. The topological polar surface area (TPSA) is 71.1 Å². The Labute approximate surface area is 168 Å². The minimum Gasteiger partial charge on any atom is -0.340 e. The molecule has 27 heavy (non-hydrogen) atoms. The number of halogens is 1. The maximum Gasteiger partial charge on any atom is 0.253 e. The Morgan fingerprint density at radius 1 is 1.15 bits per heavy atom. The first-order valence-electron chi connectivity index (χ1n) is 9.30. The van der Waals surface area contributed by atoms with Crippen molar-refractivity contribution in [3.63, 3.8) is 0 Å². The number of carbonyl (C=O) groups is 2. The first-order chi connectivity index (χ1) is 13.0. The van der Waals surface area contributed by atoms with Crippen LogP contribution >= 0.6 is 22.9 Å². The Hall–Kier alpha value is -1.92. The molecule has 0 spiro atoms. The number of anilines is 1. The van der Waals surface area contributed by atoms with Gasteiger partial charge in [0.15, 0.2) is 5.13 Å². The third kappa shape index (κ3) is 4.87. The summed E-state index contributed by atoms with van der Waals surface area (Å²) < 4.78 is 0. The van der Waals surface area contributed by atoms with E-state index in [0.717, 1.165) is 25.0 Å². The van der Waals surface area contributed by atoms with Gasteiger partial charge in [-0.3, -0.25) is 9.59 Å². The second kappa shape index (κ2) is 8.85. The van der Waals surface area contributed by atoms with Crippen molar-refractivity contribution in [1.82, 2.24) is 10.3 Å². The highest BCUT2D eigenvalue weighted by atomic mass is 35.5. The molecule has 1 aliphatic carbocycles. The number of aromatic nitrogens is 1. The largest absolute Gasteiger partial charge is 0.340 e. The number of fused-ring (bicyclic) bond motifs is 1. The van der Waals surface area contributed by atoms with Crippen molar-refractivity contribution < 1.29 is 9.59 Å². The average molecular weight is 406 g/mol. The maximum atomic E-state index is 12.8. The van der Waals surface area contributed by atoms with Crippen molar-refractivity contribution in [2.75, 3.05) is 5.32 Å². The van der Waals surface area contributed by atoms with Gasteiger partial charge in [0.1, 0.15) is 6.04 Å². The molecular formula is C20H24ClN3O2S. The fraction of sp³-hybridized carbons (Fsp3) is 0.450. The smallest absolute Gasteiger partial charge is 0.253 e. The van der Waals surface area contributed by atoms with Crippen molar-refractivity contribution >= 4 is 39.9 Å². The lowest BCUT2D eigenvalue weighted by Gasteiger charge is -2.21. The fourth-order valence-corrected chi connectivity index (χ4v) is 4.44. The van der Waals surface area contributed by atoms with Crippen LogP contribution in [0.15, 0.2) is 24.3 Å². The van der Waals surface area contributed by atoms with Gasteiger partial charge in [0, 0.05) is 4.88 Å². The van der Waals surface area contributed by atoms with E-state index in [2.05, 4.69) is 15.6 Å². The standard InChI is InChI=1S/C20H24ClN3O2S/c1-12(2)17(23-18(25)13-8-6-7-9-14(13)21)19(26)24-20-22-15-10-4-3-5-11-16(15)27-20/h6-9,12,17H,3-5,10-11H2,1-2H3,(H,23,25)(H,22,24,26). The second-order valence-electron chi connectivity index (χ2n) is 7.11. The molecule has 2 N–H and O–H groups in total. The number of thiazole rings is 1. The quantitative estimate of drug-likeness (QED) is 0.721. The normalized spacial score (nSPS) is 15.0. The Morgan fingerprint density at radius 2 is 1.89 bits per heavy atom. The number of carbonyl (C=O) groups excluding carboxylic acids is 2. The predicted octanol–water partition coefficient (Wildman–Crippen LogP) is 4.46. The van der Waals surface area contributed by atoms with Gasteiger partial charge in [0.25, 0.3) is 5.91 Å². The number of nitrogens with zero attached hydrogens (tertiary/aromatic N) is 1. The number of amides is 2. The molecule has 3 rings (SSSR count). The Morgan fingerprint density at radius 3 is 2.63 bits per heavy atom. The lowest BCUT2D eigenvalue weighted by molar-refractivity contribution is -0.118. The van der Waals surface area contributed by atoms with Crippen LogP contribution in [0.2, 0.25) is 5.02 Å². The van der Waals surface area contributed by atoms with Gasteiger partial charge in [-0.05, 0) is 43.7 Å². The number of hydrogen-bond acceptors (Lipinski definition) is 4. The third-order valence-electron chi connectivity index (χ3n) is 4.68. The summed E-state index contributed by atoms with van der Waals surface area (Å²) in [6.45, 7) is 3.79. The second-order valence-corrected chi connectivity index (χ2v) is 8.60.